The quantitative estimate of drug-likeness (QED) is 0.657. The molecule has 0 spiro atoms. The molecule has 2 rings (SSSR count). The van der Waals surface area contributed by atoms with E-state index in [1.54, 1.807) is 13.1 Å². The number of nitrogens with zero attached hydrogens (tertiary/aromatic N) is 1. The summed E-state index contributed by atoms with van der Waals surface area (Å²) in [5.74, 6) is 0.582. The molecule has 0 unspecified atom stereocenters. The lowest BCUT2D eigenvalue weighted by molar-refractivity contribution is 0.625. The molecular formula is C18H22FN3. The second-order valence-electron chi connectivity index (χ2n) is 5.16. The van der Waals surface area contributed by atoms with E-state index in [2.05, 4.69) is 27.8 Å². The highest BCUT2D eigenvalue weighted by atomic mass is 19.1. The fourth-order valence-corrected chi connectivity index (χ4v) is 2.26. The first-order chi connectivity index (χ1) is 10.7. The van der Waals surface area contributed by atoms with Crippen LogP contribution in [0, 0.1) is 12.7 Å². The van der Waals surface area contributed by atoms with Crippen molar-refractivity contribution in [2.24, 2.45) is 4.99 Å². The summed E-state index contributed by atoms with van der Waals surface area (Å²) < 4.78 is 13.1. The number of rotatable bonds is 5. The van der Waals surface area contributed by atoms with E-state index in [1.807, 2.05) is 31.2 Å². The minimum absolute atomic E-state index is 0.186. The molecule has 2 aromatic rings. The predicted octanol–water partition coefficient (Wildman–Crippen LogP) is 3.04. The van der Waals surface area contributed by atoms with Crippen LogP contribution in [0.3, 0.4) is 0 Å². The molecule has 0 fully saturated rings. The molecule has 0 aliphatic carbocycles. The second kappa shape index (κ2) is 8.17. The van der Waals surface area contributed by atoms with Gasteiger partial charge in [-0.3, -0.25) is 4.99 Å². The maximum absolute atomic E-state index is 13.1. The van der Waals surface area contributed by atoms with Crippen LogP contribution >= 0.6 is 0 Å². The zero-order chi connectivity index (χ0) is 15.8. The van der Waals surface area contributed by atoms with E-state index in [0.29, 0.717) is 0 Å². The van der Waals surface area contributed by atoms with Gasteiger partial charge in [0.25, 0.3) is 0 Å². The lowest BCUT2D eigenvalue weighted by Crippen LogP contribution is -2.37. The zero-order valence-corrected chi connectivity index (χ0v) is 13.1. The van der Waals surface area contributed by atoms with Crippen LogP contribution in [0.25, 0.3) is 0 Å². The number of aliphatic imine (C=N–C) groups is 1. The minimum atomic E-state index is -0.186. The molecule has 0 bridgehead atoms. The first-order valence-corrected chi connectivity index (χ1v) is 7.42. The first-order valence-electron chi connectivity index (χ1n) is 7.42. The highest BCUT2D eigenvalue weighted by Gasteiger charge is 2.02. The van der Waals surface area contributed by atoms with Gasteiger partial charge in [-0.05, 0) is 42.2 Å². The van der Waals surface area contributed by atoms with Crippen LogP contribution in [0.4, 0.5) is 4.39 Å². The summed E-state index contributed by atoms with van der Waals surface area (Å²) in [6.07, 6.45) is 0.831. The van der Waals surface area contributed by atoms with Gasteiger partial charge in [0.05, 0.1) is 0 Å². The summed E-state index contributed by atoms with van der Waals surface area (Å²) in [5.41, 5.74) is 3.33. The highest BCUT2D eigenvalue weighted by molar-refractivity contribution is 5.79. The predicted molar refractivity (Wildman–Crippen MR) is 89.5 cm³/mol. The van der Waals surface area contributed by atoms with Crippen molar-refractivity contribution in [3.63, 3.8) is 0 Å². The van der Waals surface area contributed by atoms with Gasteiger partial charge in [0.15, 0.2) is 5.96 Å². The van der Waals surface area contributed by atoms with Crippen molar-refractivity contribution in [1.82, 2.24) is 10.6 Å². The Labute approximate surface area is 131 Å². The highest BCUT2D eigenvalue weighted by Crippen LogP contribution is 2.10. The molecule has 2 N–H and O–H groups in total. The third-order valence-electron chi connectivity index (χ3n) is 3.52. The number of halogens is 1. The van der Waals surface area contributed by atoms with E-state index in [9.17, 15) is 4.39 Å². The summed E-state index contributed by atoms with van der Waals surface area (Å²) in [6, 6.07) is 15.1. The summed E-state index contributed by atoms with van der Waals surface area (Å²) in [5, 5.41) is 6.55. The van der Waals surface area contributed by atoms with Crippen molar-refractivity contribution in [1.29, 1.82) is 0 Å². The Morgan fingerprint density at radius 3 is 2.55 bits per heavy atom. The van der Waals surface area contributed by atoms with E-state index in [-0.39, 0.29) is 5.82 Å². The Morgan fingerprint density at radius 2 is 1.86 bits per heavy atom. The first kappa shape index (κ1) is 16.0. The van der Waals surface area contributed by atoms with Crippen LogP contribution in [-0.4, -0.2) is 19.6 Å². The third kappa shape index (κ3) is 4.88. The molecule has 0 saturated heterocycles. The van der Waals surface area contributed by atoms with Gasteiger partial charge in [-0.25, -0.2) is 4.39 Å². The third-order valence-corrected chi connectivity index (χ3v) is 3.52. The Bertz CT molecular complexity index is 623. The molecule has 0 aromatic heterocycles. The summed E-state index contributed by atoms with van der Waals surface area (Å²) in [4.78, 5) is 4.21. The van der Waals surface area contributed by atoms with E-state index in [0.717, 1.165) is 36.6 Å². The minimum Gasteiger partial charge on any atom is -0.356 e. The largest absolute Gasteiger partial charge is 0.356 e. The van der Waals surface area contributed by atoms with Crippen LogP contribution in [0.1, 0.15) is 16.7 Å². The number of hydrogen-bond acceptors (Lipinski definition) is 1. The lowest BCUT2D eigenvalue weighted by atomic mass is 10.1. The van der Waals surface area contributed by atoms with E-state index in [4.69, 9.17) is 0 Å². The lowest BCUT2D eigenvalue weighted by Gasteiger charge is -2.12. The van der Waals surface area contributed by atoms with Crippen LogP contribution in [0.5, 0.6) is 0 Å². The summed E-state index contributed by atoms with van der Waals surface area (Å²) in [7, 11) is 1.75. The molecular weight excluding hydrogens is 277 g/mol. The Balaban J connectivity index is 1.79. The van der Waals surface area contributed by atoms with Crippen molar-refractivity contribution < 1.29 is 4.39 Å². The smallest absolute Gasteiger partial charge is 0.191 e. The van der Waals surface area contributed by atoms with Crippen molar-refractivity contribution in [3.8, 4) is 0 Å². The Kier molecular flexibility index (Phi) is 5.95. The van der Waals surface area contributed by atoms with Gasteiger partial charge in [-0.15, -0.1) is 0 Å². The molecule has 0 atom stereocenters. The molecule has 3 nitrogen and oxygen atoms in total. The molecule has 0 heterocycles. The molecule has 0 aliphatic heterocycles. The van der Waals surface area contributed by atoms with Gasteiger partial charge in [0.1, 0.15) is 5.82 Å². The van der Waals surface area contributed by atoms with Gasteiger partial charge < -0.3 is 10.6 Å². The maximum atomic E-state index is 13.1. The van der Waals surface area contributed by atoms with Gasteiger partial charge in [-0.1, -0.05) is 36.4 Å². The fraction of sp³-hybridized carbons (Fsp3) is 0.278. The zero-order valence-electron chi connectivity index (χ0n) is 13.1. The fourth-order valence-electron chi connectivity index (χ4n) is 2.26. The normalized spacial score (nSPS) is 11.3. The van der Waals surface area contributed by atoms with Crippen LogP contribution < -0.4 is 10.6 Å². The average Bonchev–Trinajstić information content (AvgIpc) is 2.53. The topological polar surface area (TPSA) is 36.4 Å². The van der Waals surface area contributed by atoms with E-state index < -0.39 is 0 Å². The second-order valence-corrected chi connectivity index (χ2v) is 5.16. The number of aryl methyl sites for hydroxylation is 1. The van der Waals surface area contributed by atoms with Crippen molar-refractivity contribution in [3.05, 3.63) is 71.0 Å². The molecule has 0 aliphatic rings. The van der Waals surface area contributed by atoms with Gasteiger partial charge in [-0.2, -0.15) is 0 Å². The van der Waals surface area contributed by atoms with Crippen molar-refractivity contribution in [2.75, 3.05) is 13.6 Å². The monoisotopic (exact) mass is 299 g/mol. The standard InChI is InChI=1S/C18H22FN3/c1-14-12-17(19)9-8-16(14)10-11-21-18(20-2)22-13-15-6-4-3-5-7-15/h3-9,12H,10-11,13H2,1-2H3,(H2,20,21,22). The van der Waals surface area contributed by atoms with Crippen LogP contribution in [-0.2, 0) is 13.0 Å². The average molecular weight is 299 g/mol. The van der Waals surface area contributed by atoms with Crippen molar-refractivity contribution in [2.45, 2.75) is 19.9 Å². The Hall–Kier alpha value is -2.36. The molecule has 0 amide bonds. The summed E-state index contributed by atoms with van der Waals surface area (Å²) in [6.45, 7) is 3.41. The van der Waals surface area contributed by atoms with Gasteiger partial charge in [0.2, 0.25) is 0 Å². The number of hydrogen-bond donors (Lipinski definition) is 2. The van der Waals surface area contributed by atoms with Gasteiger partial charge in [0, 0.05) is 20.1 Å². The number of benzene rings is 2. The molecule has 116 valence electrons. The number of nitrogens with one attached hydrogen (secondary N) is 2. The summed E-state index contributed by atoms with van der Waals surface area (Å²) >= 11 is 0. The Morgan fingerprint density at radius 1 is 1.09 bits per heavy atom. The molecule has 2 aromatic carbocycles. The van der Waals surface area contributed by atoms with E-state index >= 15 is 0 Å². The van der Waals surface area contributed by atoms with Crippen LogP contribution in [0.15, 0.2) is 53.5 Å². The van der Waals surface area contributed by atoms with Crippen LogP contribution in [0.2, 0.25) is 0 Å². The van der Waals surface area contributed by atoms with E-state index in [1.165, 1.54) is 11.6 Å². The number of guanidine groups is 1. The molecule has 22 heavy (non-hydrogen) atoms. The van der Waals surface area contributed by atoms with Gasteiger partial charge >= 0.3 is 0 Å². The SMILES string of the molecule is CN=C(NCCc1ccc(F)cc1C)NCc1ccccc1. The molecule has 4 heteroatoms. The van der Waals surface area contributed by atoms with Crippen molar-refractivity contribution >= 4 is 5.96 Å². The molecule has 0 saturated carbocycles. The maximum Gasteiger partial charge on any atom is 0.191 e. The molecule has 0 radical (unpaired) electrons.